The van der Waals surface area contributed by atoms with Crippen LogP contribution < -0.4 is 10.1 Å². The van der Waals surface area contributed by atoms with Gasteiger partial charge in [0.1, 0.15) is 17.6 Å². The zero-order chi connectivity index (χ0) is 26.7. The van der Waals surface area contributed by atoms with Gasteiger partial charge in [-0.05, 0) is 60.2 Å². The molecule has 3 aromatic carbocycles. The lowest BCUT2D eigenvalue weighted by molar-refractivity contribution is -0.143. The standard InChI is InChI=1S/C32H37FN2O3/c1-2-24-15-19-29(20-16-24)38-23-31(36)35(22-26-13-17-27(33)18-14-26)30(21-25-9-5-3-6-10-25)32(37)34-28-11-7-4-8-12-28/h3,5-6,9-10,13-20,28,30H,2,4,7-8,11-12,21-23H2,1H3,(H,34,37)/t30-/m0/s1. The van der Waals surface area contributed by atoms with Crippen LogP contribution in [0.4, 0.5) is 4.39 Å². The number of ether oxygens (including phenoxy) is 1. The van der Waals surface area contributed by atoms with Crippen LogP contribution in [-0.4, -0.2) is 35.4 Å². The second-order valence-corrected chi connectivity index (χ2v) is 9.98. The number of halogens is 1. The van der Waals surface area contributed by atoms with Gasteiger partial charge in [-0.25, -0.2) is 4.39 Å². The molecule has 1 fully saturated rings. The van der Waals surface area contributed by atoms with Crippen LogP contribution in [0.1, 0.15) is 55.7 Å². The van der Waals surface area contributed by atoms with E-state index < -0.39 is 6.04 Å². The van der Waals surface area contributed by atoms with Gasteiger partial charge in [-0.2, -0.15) is 0 Å². The first kappa shape index (κ1) is 27.4. The Hall–Kier alpha value is -3.67. The summed E-state index contributed by atoms with van der Waals surface area (Å²) in [6, 6.07) is 22.8. The van der Waals surface area contributed by atoms with Crippen molar-refractivity contribution in [2.75, 3.05) is 6.61 Å². The number of rotatable bonds is 11. The normalized spacial score (nSPS) is 14.5. The molecule has 4 rings (SSSR count). The topological polar surface area (TPSA) is 58.6 Å². The van der Waals surface area contributed by atoms with Crippen molar-refractivity contribution in [2.24, 2.45) is 0 Å². The smallest absolute Gasteiger partial charge is 0.261 e. The fourth-order valence-corrected chi connectivity index (χ4v) is 4.93. The van der Waals surface area contributed by atoms with E-state index >= 15 is 0 Å². The summed E-state index contributed by atoms with van der Waals surface area (Å²) in [6.45, 7) is 2.06. The van der Waals surface area contributed by atoms with Crippen LogP contribution in [0.15, 0.2) is 78.9 Å². The van der Waals surface area contributed by atoms with Gasteiger partial charge in [0.15, 0.2) is 6.61 Å². The maximum atomic E-state index is 13.7. The van der Waals surface area contributed by atoms with Gasteiger partial charge in [-0.1, -0.05) is 80.8 Å². The quantitative estimate of drug-likeness (QED) is 0.348. The number of aryl methyl sites for hydroxylation is 1. The second kappa shape index (κ2) is 13.8. The molecular formula is C32H37FN2O3. The molecule has 200 valence electrons. The van der Waals surface area contributed by atoms with Gasteiger partial charge in [0.05, 0.1) is 0 Å². The van der Waals surface area contributed by atoms with E-state index in [1.165, 1.54) is 24.1 Å². The lowest BCUT2D eigenvalue weighted by atomic mass is 9.94. The molecule has 0 radical (unpaired) electrons. The summed E-state index contributed by atoms with van der Waals surface area (Å²) < 4.78 is 19.5. The van der Waals surface area contributed by atoms with Gasteiger partial charge in [0, 0.05) is 19.0 Å². The van der Waals surface area contributed by atoms with E-state index in [1.807, 2.05) is 54.6 Å². The molecule has 0 saturated heterocycles. The van der Waals surface area contributed by atoms with Crippen LogP contribution in [0.25, 0.3) is 0 Å². The van der Waals surface area contributed by atoms with E-state index in [0.717, 1.165) is 43.2 Å². The molecule has 0 aliphatic heterocycles. The van der Waals surface area contributed by atoms with Crippen LogP contribution in [0.2, 0.25) is 0 Å². The minimum atomic E-state index is -0.733. The lowest BCUT2D eigenvalue weighted by Crippen LogP contribution is -2.53. The summed E-state index contributed by atoms with van der Waals surface area (Å²) in [5.41, 5.74) is 2.89. The van der Waals surface area contributed by atoms with Gasteiger partial charge in [0.25, 0.3) is 5.91 Å². The molecule has 1 aliphatic carbocycles. The number of hydrogen-bond donors (Lipinski definition) is 1. The van der Waals surface area contributed by atoms with Gasteiger partial charge >= 0.3 is 0 Å². The molecule has 5 nitrogen and oxygen atoms in total. The Morgan fingerprint density at radius 3 is 2.21 bits per heavy atom. The van der Waals surface area contributed by atoms with E-state index in [0.29, 0.717) is 12.2 Å². The Morgan fingerprint density at radius 2 is 1.55 bits per heavy atom. The first-order valence-electron chi connectivity index (χ1n) is 13.6. The van der Waals surface area contributed by atoms with E-state index in [4.69, 9.17) is 4.74 Å². The number of amides is 2. The number of nitrogens with zero attached hydrogens (tertiary/aromatic N) is 1. The number of carbonyl (C=O) groups excluding carboxylic acids is 2. The zero-order valence-electron chi connectivity index (χ0n) is 22.1. The number of carbonyl (C=O) groups is 2. The van der Waals surface area contributed by atoms with Crippen LogP contribution in [0.3, 0.4) is 0 Å². The summed E-state index contributed by atoms with van der Waals surface area (Å²) in [6.07, 6.45) is 6.57. The van der Waals surface area contributed by atoms with Crippen molar-refractivity contribution in [3.05, 3.63) is 101 Å². The molecular weight excluding hydrogens is 479 g/mol. The summed E-state index contributed by atoms with van der Waals surface area (Å²) in [5.74, 6) is -0.206. The predicted molar refractivity (Wildman–Crippen MR) is 147 cm³/mol. The van der Waals surface area contributed by atoms with Crippen molar-refractivity contribution in [1.29, 1.82) is 0 Å². The highest BCUT2D eigenvalue weighted by molar-refractivity contribution is 5.88. The Labute approximate surface area is 225 Å². The van der Waals surface area contributed by atoms with E-state index in [2.05, 4.69) is 12.2 Å². The van der Waals surface area contributed by atoms with Crippen LogP contribution >= 0.6 is 0 Å². The molecule has 0 unspecified atom stereocenters. The summed E-state index contributed by atoms with van der Waals surface area (Å²) >= 11 is 0. The SMILES string of the molecule is CCc1ccc(OCC(=O)N(Cc2ccc(F)cc2)[C@@H](Cc2ccccc2)C(=O)NC2CCCCC2)cc1. The van der Waals surface area contributed by atoms with Gasteiger partial charge in [-0.15, -0.1) is 0 Å². The third-order valence-electron chi connectivity index (χ3n) is 7.18. The molecule has 6 heteroatoms. The predicted octanol–water partition coefficient (Wildman–Crippen LogP) is 5.86. The van der Waals surface area contributed by atoms with E-state index in [9.17, 15) is 14.0 Å². The molecule has 0 bridgehead atoms. The number of benzene rings is 3. The van der Waals surface area contributed by atoms with Gasteiger partial charge < -0.3 is 15.0 Å². The Kier molecular flexibility index (Phi) is 9.90. The van der Waals surface area contributed by atoms with E-state index in [-0.39, 0.29) is 36.8 Å². The third-order valence-corrected chi connectivity index (χ3v) is 7.18. The monoisotopic (exact) mass is 516 g/mol. The third kappa shape index (κ3) is 7.91. The molecule has 2 amide bonds. The van der Waals surface area contributed by atoms with Crippen molar-refractivity contribution in [2.45, 2.75) is 70.5 Å². The van der Waals surface area contributed by atoms with Crippen LogP contribution in [0, 0.1) is 5.82 Å². The maximum Gasteiger partial charge on any atom is 0.261 e. The van der Waals surface area contributed by atoms with Crippen molar-refractivity contribution in [1.82, 2.24) is 10.2 Å². The van der Waals surface area contributed by atoms with Crippen molar-refractivity contribution >= 4 is 11.8 Å². The zero-order valence-corrected chi connectivity index (χ0v) is 22.1. The molecule has 0 heterocycles. The molecule has 0 aromatic heterocycles. The Bertz CT molecular complexity index is 1160. The fourth-order valence-electron chi connectivity index (χ4n) is 4.93. The molecule has 38 heavy (non-hydrogen) atoms. The van der Waals surface area contributed by atoms with Crippen molar-refractivity contribution in [3.8, 4) is 5.75 Å². The van der Waals surface area contributed by atoms with Crippen molar-refractivity contribution in [3.63, 3.8) is 0 Å². The van der Waals surface area contributed by atoms with E-state index in [1.54, 1.807) is 17.0 Å². The Morgan fingerprint density at radius 1 is 0.895 bits per heavy atom. The number of nitrogens with one attached hydrogen (secondary N) is 1. The molecule has 0 spiro atoms. The second-order valence-electron chi connectivity index (χ2n) is 9.98. The first-order valence-corrected chi connectivity index (χ1v) is 13.6. The van der Waals surface area contributed by atoms with Crippen molar-refractivity contribution < 1.29 is 18.7 Å². The summed E-state index contributed by atoms with van der Waals surface area (Å²) in [5, 5.41) is 3.22. The summed E-state index contributed by atoms with van der Waals surface area (Å²) in [7, 11) is 0. The minimum absolute atomic E-state index is 0.116. The fraction of sp³-hybridized carbons (Fsp3) is 0.375. The molecule has 1 aliphatic rings. The average Bonchev–Trinajstić information content (AvgIpc) is 2.96. The summed E-state index contributed by atoms with van der Waals surface area (Å²) in [4.78, 5) is 29.0. The maximum absolute atomic E-state index is 13.7. The van der Waals surface area contributed by atoms with Gasteiger partial charge in [-0.3, -0.25) is 9.59 Å². The number of hydrogen-bond acceptors (Lipinski definition) is 3. The molecule has 3 aromatic rings. The lowest BCUT2D eigenvalue weighted by Gasteiger charge is -2.33. The average molecular weight is 517 g/mol. The largest absolute Gasteiger partial charge is 0.484 e. The van der Waals surface area contributed by atoms with Crippen LogP contribution in [-0.2, 0) is 29.0 Å². The molecule has 1 N–H and O–H groups in total. The molecule has 1 atom stereocenters. The highest BCUT2D eigenvalue weighted by atomic mass is 19.1. The highest BCUT2D eigenvalue weighted by Crippen LogP contribution is 2.20. The minimum Gasteiger partial charge on any atom is -0.484 e. The van der Waals surface area contributed by atoms with Crippen LogP contribution in [0.5, 0.6) is 5.75 Å². The first-order chi connectivity index (χ1) is 18.5. The van der Waals surface area contributed by atoms with Gasteiger partial charge in [0.2, 0.25) is 5.91 Å². The Balaban J connectivity index is 1.58. The highest BCUT2D eigenvalue weighted by Gasteiger charge is 2.32. The molecule has 1 saturated carbocycles.